The summed E-state index contributed by atoms with van der Waals surface area (Å²) in [6.45, 7) is 6.97. The molecule has 0 bridgehead atoms. The molecule has 0 fully saturated rings. The second-order valence-electron chi connectivity index (χ2n) is 19.6. The quantitative estimate of drug-likeness (QED) is 0.100. The van der Waals surface area contributed by atoms with E-state index >= 15 is 4.57 Å². The Hall–Kier alpha value is -7.91. The van der Waals surface area contributed by atoms with Crippen LogP contribution in [0.4, 0.5) is 51.2 Å². The molecule has 15 rings (SSSR count). The van der Waals surface area contributed by atoms with E-state index in [0.29, 0.717) is 0 Å². The Balaban J connectivity index is 1.10. The first-order valence-corrected chi connectivity index (χ1v) is 25.0. The van der Waals surface area contributed by atoms with Gasteiger partial charge in [0.25, 0.3) is 0 Å². The van der Waals surface area contributed by atoms with Crippen LogP contribution in [-0.4, -0.2) is 0 Å². The zero-order chi connectivity index (χ0) is 44.5. The van der Waals surface area contributed by atoms with Gasteiger partial charge in [-0.1, -0.05) is 160 Å². The molecule has 12 aromatic carbocycles. The lowest BCUT2D eigenvalue weighted by Gasteiger charge is -2.50. The largest absolute Gasteiger partial charge is 0.309 e. The van der Waals surface area contributed by atoms with Gasteiger partial charge in [-0.3, -0.25) is 0 Å². The van der Waals surface area contributed by atoms with Gasteiger partial charge in [0.15, 0.2) is 7.14 Å². The lowest BCUT2D eigenvalue weighted by Crippen LogP contribution is -2.47. The van der Waals surface area contributed by atoms with Crippen molar-refractivity contribution in [1.29, 1.82) is 0 Å². The zero-order valence-corrected chi connectivity index (χ0v) is 38.1. The van der Waals surface area contributed by atoms with Crippen molar-refractivity contribution < 1.29 is 4.57 Å². The summed E-state index contributed by atoms with van der Waals surface area (Å²) in [7, 11) is -3.59. The van der Waals surface area contributed by atoms with Gasteiger partial charge in [0.05, 0.1) is 55.7 Å². The van der Waals surface area contributed by atoms with Gasteiger partial charge in [0.1, 0.15) is 0 Å². The third-order valence-electron chi connectivity index (χ3n) is 14.9. The molecule has 1 unspecified atom stereocenters. The van der Waals surface area contributed by atoms with Crippen LogP contribution in [0.2, 0.25) is 0 Å². The van der Waals surface area contributed by atoms with Crippen molar-refractivity contribution in [2.75, 3.05) is 14.7 Å². The van der Waals surface area contributed by atoms with Crippen LogP contribution in [0.25, 0.3) is 64.6 Å². The molecular weight excluding hydrogens is 834 g/mol. The summed E-state index contributed by atoms with van der Waals surface area (Å²) in [6.07, 6.45) is 0. The van der Waals surface area contributed by atoms with Gasteiger partial charge in [-0.15, -0.1) is 0 Å². The van der Waals surface area contributed by atoms with Crippen LogP contribution in [0.5, 0.6) is 0 Å². The van der Waals surface area contributed by atoms with Gasteiger partial charge in [-0.05, 0) is 126 Å². The first-order valence-electron chi connectivity index (χ1n) is 23.3. The van der Waals surface area contributed by atoms with Crippen molar-refractivity contribution in [3.05, 3.63) is 206 Å². The number of anilines is 9. The summed E-state index contributed by atoms with van der Waals surface area (Å²) in [4.78, 5) is 7.27. The fourth-order valence-corrected chi connectivity index (χ4v) is 16.1. The molecule has 3 aliphatic rings. The Bertz CT molecular complexity index is 4100. The lowest BCUT2D eigenvalue weighted by atomic mass is 9.79. The van der Waals surface area contributed by atoms with E-state index in [4.69, 9.17) is 0 Å². The molecule has 0 saturated carbocycles. The maximum absolute atomic E-state index is 17.7. The van der Waals surface area contributed by atoms with Crippen molar-refractivity contribution in [3.8, 4) is 0 Å². The molecule has 0 spiro atoms. The second-order valence-corrected chi connectivity index (χ2v) is 22.2. The molecule has 12 aromatic rings. The van der Waals surface area contributed by atoms with E-state index in [2.05, 4.69) is 236 Å². The van der Waals surface area contributed by atoms with Gasteiger partial charge in [-0.2, -0.15) is 0 Å². The van der Waals surface area contributed by atoms with Crippen molar-refractivity contribution in [1.82, 2.24) is 0 Å². The third kappa shape index (κ3) is 4.75. The molecule has 67 heavy (non-hydrogen) atoms. The molecule has 3 heterocycles. The maximum atomic E-state index is 17.7. The van der Waals surface area contributed by atoms with Crippen LogP contribution in [0.3, 0.4) is 0 Å². The molecular formula is C62H42N3OP. The molecule has 3 aliphatic heterocycles. The SMILES string of the molecule is CC(C)(C)c1c2ccccc2c(N2c3cccc4c3P3(=O)c5c(cccc5N(c5cc6ccc7cccc8ccc(c5)c6c78)c5cccc2c53)N4c2ccc3ccccc3c2)c2ccccc12. The van der Waals surface area contributed by atoms with E-state index in [1.54, 1.807) is 0 Å². The summed E-state index contributed by atoms with van der Waals surface area (Å²) in [6, 6.07) is 73.2. The predicted octanol–water partition coefficient (Wildman–Crippen LogP) is 16.3. The lowest BCUT2D eigenvalue weighted by molar-refractivity contribution is 0.592. The molecule has 0 aromatic heterocycles. The molecule has 0 amide bonds. The van der Waals surface area contributed by atoms with Crippen LogP contribution in [-0.2, 0) is 9.98 Å². The summed E-state index contributed by atoms with van der Waals surface area (Å²) in [5.41, 5.74) is 10.1. The molecule has 316 valence electrons. The Kier molecular flexibility index (Phi) is 7.19. The van der Waals surface area contributed by atoms with Crippen molar-refractivity contribution in [3.63, 3.8) is 0 Å². The van der Waals surface area contributed by atoms with Gasteiger partial charge < -0.3 is 19.3 Å². The Labute approximate surface area is 388 Å². The van der Waals surface area contributed by atoms with E-state index in [0.717, 1.165) is 72.5 Å². The fraction of sp³-hybridized carbons (Fsp3) is 0.0645. The summed E-state index contributed by atoms with van der Waals surface area (Å²) in [5.74, 6) is 0. The first-order chi connectivity index (χ1) is 32.8. The number of hydrogen-bond donors (Lipinski definition) is 0. The van der Waals surface area contributed by atoms with Gasteiger partial charge in [-0.25, -0.2) is 0 Å². The average molecular weight is 876 g/mol. The van der Waals surface area contributed by atoms with Crippen molar-refractivity contribution >= 4 is 139 Å². The van der Waals surface area contributed by atoms with Gasteiger partial charge in [0, 0.05) is 22.1 Å². The number of fused-ring (bicyclic) bond motifs is 3. The minimum Gasteiger partial charge on any atom is -0.309 e. The minimum absolute atomic E-state index is 0.129. The Morgan fingerprint density at radius 1 is 0.343 bits per heavy atom. The normalized spacial score (nSPS) is 16.0. The number of benzene rings is 12. The average Bonchev–Trinajstić information content (AvgIpc) is 3.35. The van der Waals surface area contributed by atoms with Crippen LogP contribution >= 0.6 is 7.14 Å². The number of nitrogens with zero attached hydrogens (tertiary/aromatic N) is 3. The molecule has 5 heteroatoms. The number of rotatable bonds is 3. The topological polar surface area (TPSA) is 26.8 Å². The predicted molar refractivity (Wildman–Crippen MR) is 285 cm³/mol. The van der Waals surface area contributed by atoms with Crippen molar-refractivity contribution in [2.24, 2.45) is 0 Å². The van der Waals surface area contributed by atoms with Crippen LogP contribution in [0, 0.1) is 0 Å². The van der Waals surface area contributed by atoms with Gasteiger partial charge in [0.2, 0.25) is 0 Å². The smallest absolute Gasteiger partial charge is 0.183 e. The number of hydrogen-bond acceptors (Lipinski definition) is 4. The molecule has 0 aliphatic carbocycles. The highest BCUT2D eigenvalue weighted by atomic mass is 31.2. The second kappa shape index (κ2) is 12.9. The summed E-state index contributed by atoms with van der Waals surface area (Å²) >= 11 is 0. The minimum atomic E-state index is -3.59. The molecule has 4 nitrogen and oxygen atoms in total. The molecule has 0 N–H and O–H groups in total. The van der Waals surface area contributed by atoms with Crippen LogP contribution in [0.15, 0.2) is 200 Å². The molecule has 0 saturated heterocycles. The van der Waals surface area contributed by atoms with E-state index in [1.807, 2.05) is 0 Å². The highest BCUT2D eigenvalue weighted by Crippen LogP contribution is 2.67. The zero-order valence-electron chi connectivity index (χ0n) is 37.2. The highest BCUT2D eigenvalue weighted by Gasteiger charge is 2.54. The highest BCUT2D eigenvalue weighted by molar-refractivity contribution is 7.87. The molecule has 0 radical (unpaired) electrons. The standard InChI is InChI=1S/C62H42N3OP/c1-62(2,3)57-45-18-6-8-20-47(45)58(48-21-9-7-19-46(48)57)65-53-26-12-23-50-60(53)67(66)59-49(63(50)43-33-32-37-14-4-5-15-40(37)34-43)22-11-24-51(59)64(52-25-13-27-54(65)61(52)67)44-35-41-30-28-38-16-10-17-39-29-31-42(36-44)56(41)55(38)39/h4-36H,1-3H3. The van der Waals surface area contributed by atoms with E-state index in [9.17, 15) is 0 Å². The third-order valence-corrected chi connectivity index (χ3v) is 18.2. The maximum Gasteiger partial charge on any atom is 0.183 e. The summed E-state index contributed by atoms with van der Waals surface area (Å²) < 4.78 is 17.7. The monoisotopic (exact) mass is 875 g/mol. The Morgan fingerprint density at radius 2 is 0.716 bits per heavy atom. The van der Waals surface area contributed by atoms with Gasteiger partial charge >= 0.3 is 0 Å². The summed E-state index contributed by atoms with van der Waals surface area (Å²) in [5, 5.41) is 17.2. The molecule has 1 atom stereocenters. The van der Waals surface area contributed by atoms with E-state index < -0.39 is 7.14 Å². The fourth-order valence-electron chi connectivity index (χ4n) is 12.5. The first kappa shape index (κ1) is 37.3. The van der Waals surface area contributed by atoms with E-state index in [1.165, 1.54) is 64.8 Å². The van der Waals surface area contributed by atoms with Crippen LogP contribution < -0.4 is 30.6 Å². The van der Waals surface area contributed by atoms with E-state index in [-0.39, 0.29) is 5.41 Å². The van der Waals surface area contributed by atoms with Crippen molar-refractivity contribution in [2.45, 2.75) is 26.2 Å². The Morgan fingerprint density at radius 3 is 1.24 bits per heavy atom. The van der Waals surface area contributed by atoms with Crippen LogP contribution in [0.1, 0.15) is 26.3 Å².